The number of likely N-dealkylation sites (N-methyl/N-ethyl adjacent to an activating group) is 2. The van der Waals surface area contributed by atoms with Crippen LogP contribution >= 0.6 is 22.9 Å². The van der Waals surface area contributed by atoms with Crippen molar-refractivity contribution in [2.75, 3.05) is 34.2 Å². The Kier molecular flexibility index (Phi) is 6.54. The minimum Gasteiger partial charge on any atom is -0.431 e. The Bertz CT molecular complexity index is 956. The monoisotopic (exact) mass is 417 g/mol. The molecule has 0 N–H and O–H groups in total. The largest absolute Gasteiger partial charge is 0.431 e. The molecule has 148 valence electrons. The van der Waals surface area contributed by atoms with Crippen molar-refractivity contribution in [3.05, 3.63) is 53.1 Å². The Hall–Kier alpha value is -2.15. The summed E-state index contributed by atoms with van der Waals surface area (Å²) in [6.45, 7) is 3.48. The second-order valence-corrected chi connectivity index (χ2v) is 8.48. The van der Waals surface area contributed by atoms with Gasteiger partial charge in [0.05, 0.1) is 16.1 Å². The van der Waals surface area contributed by atoms with Crippen LogP contribution in [0.15, 0.2) is 42.5 Å². The van der Waals surface area contributed by atoms with Crippen LogP contribution in [0.3, 0.4) is 0 Å². The molecule has 0 saturated carbocycles. The molecule has 3 rings (SSSR count). The van der Waals surface area contributed by atoms with Crippen molar-refractivity contribution < 1.29 is 9.53 Å². The third-order valence-electron chi connectivity index (χ3n) is 4.55. The van der Waals surface area contributed by atoms with Crippen molar-refractivity contribution in [1.82, 2.24) is 14.8 Å². The van der Waals surface area contributed by atoms with Gasteiger partial charge in [0.1, 0.15) is 5.75 Å². The predicted molar refractivity (Wildman–Crippen MR) is 116 cm³/mol. The number of carbonyl (C=O) groups excluding carboxylic acids is 1. The molecule has 1 unspecified atom stereocenters. The van der Waals surface area contributed by atoms with Crippen LogP contribution in [0.5, 0.6) is 10.9 Å². The molecule has 1 aromatic heterocycles. The second-order valence-electron chi connectivity index (χ2n) is 7.05. The standard InChI is InChI=1S/C21H24ClN3O2S/c1-14(20(26)25(4)12-11-24(2)3)15-5-8-17(9-6-15)27-21-23-18-10-7-16(22)13-19(18)28-21/h5-10,13-14H,11-12H2,1-4H3. The van der Waals surface area contributed by atoms with Crippen LogP contribution in [0.2, 0.25) is 5.02 Å². The van der Waals surface area contributed by atoms with Gasteiger partial charge in [0.25, 0.3) is 5.19 Å². The fourth-order valence-electron chi connectivity index (χ4n) is 2.78. The number of benzene rings is 2. The van der Waals surface area contributed by atoms with Crippen LogP contribution in [0.25, 0.3) is 10.2 Å². The maximum atomic E-state index is 12.6. The molecule has 0 radical (unpaired) electrons. The van der Waals surface area contributed by atoms with Gasteiger partial charge in [-0.15, -0.1) is 0 Å². The number of fused-ring (bicyclic) bond motifs is 1. The van der Waals surface area contributed by atoms with Crippen LogP contribution in [0, 0.1) is 0 Å². The van der Waals surface area contributed by atoms with E-state index in [2.05, 4.69) is 9.88 Å². The molecule has 0 aliphatic heterocycles. The number of hydrogen-bond acceptors (Lipinski definition) is 5. The molecule has 0 saturated heterocycles. The summed E-state index contributed by atoms with van der Waals surface area (Å²) in [7, 11) is 5.85. The van der Waals surface area contributed by atoms with Gasteiger partial charge in [0.15, 0.2) is 0 Å². The molecule has 28 heavy (non-hydrogen) atoms. The average molecular weight is 418 g/mol. The minimum absolute atomic E-state index is 0.110. The number of halogens is 1. The van der Waals surface area contributed by atoms with Crippen molar-refractivity contribution in [3.63, 3.8) is 0 Å². The van der Waals surface area contributed by atoms with Crippen LogP contribution in [-0.4, -0.2) is 54.9 Å². The Morgan fingerprint density at radius 1 is 1.14 bits per heavy atom. The number of nitrogens with zero attached hydrogens (tertiary/aromatic N) is 3. The molecule has 2 aromatic carbocycles. The van der Waals surface area contributed by atoms with Crippen molar-refractivity contribution in [2.24, 2.45) is 0 Å². The topological polar surface area (TPSA) is 45.7 Å². The Morgan fingerprint density at radius 2 is 1.86 bits per heavy atom. The van der Waals surface area contributed by atoms with Gasteiger partial charge in [-0.1, -0.05) is 35.1 Å². The predicted octanol–water partition coefficient (Wildman–Crippen LogP) is 4.87. The fraction of sp³-hybridized carbons (Fsp3) is 0.333. The summed E-state index contributed by atoms with van der Waals surface area (Å²) in [5.41, 5.74) is 1.83. The Balaban J connectivity index is 1.65. The van der Waals surface area contributed by atoms with Crippen LogP contribution in [-0.2, 0) is 4.79 Å². The number of aromatic nitrogens is 1. The minimum atomic E-state index is -0.203. The van der Waals surface area contributed by atoms with E-state index in [0.717, 1.165) is 22.3 Å². The number of thiazole rings is 1. The van der Waals surface area contributed by atoms with Crippen LogP contribution in [0.4, 0.5) is 0 Å². The normalized spacial score (nSPS) is 12.4. The molecule has 0 fully saturated rings. The number of amides is 1. The van der Waals surface area contributed by atoms with E-state index in [0.29, 0.717) is 22.5 Å². The lowest BCUT2D eigenvalue weighted by Gasteiger charge is -2.23. The van der Waals surface area contributed by atoms with E-state index in [9.17, 15) is 4.79 Å². The molecule has 5 nitrogen and oxygen atoms in total. The van der Waals surface area contributed by atoms with Crippen molar-refractivity contribution in [1.29, 1.82) is 0 Å². The van der Waals surface area contributed by atoms with E-state index < -0.39 is 0 Å². The zero-order valence-electron chi connectivity index (χ0n) is 16.5. The summed E-state index contributed by atoms with van der Waals surface area (Å²) in [4.78, 5) is 20.9. The Morgan fingerprint density at radius 3 is 2.54 bits per heavy atom. The lowest BCUT2D eigenvalue weighted by Crippen LogP contribution is -2.35. The zero-order chi connectivity index (χ0) is 20.3. The third kappa shape index (κ3) is 5.01. The van der Waals surface area contributed by atoms with E-state index >= 15 is 0 Å². The molecule has 1 heterocycles. The number of hydrogen-bond donors (Lipinski definition) is 0. The van der Waals surface area contributed by atoms with Gasteiger partial charge in [-0.25, -0.2) is 4.98 Å². The van der Waals surface area contributed by atoms with Crippen LogP contribution < -0.4 is 4.74 Å². The zero-order valence-corrected chi connectivity index (χ0v) is 18.0. The van der Waals surface area contributed by atoms with Gasteiger partial charge < -0.3 is 14.5 Å². The molecule has 1 atom stereocenters. The van der Waals surface area contributed by atoms with E-state index in [-0.39, 0.29) is 11.8 Å². The van der Waals surface area contributed by atoms with Gasteiger partial charge in [0.2, 0.25) is 5.91 Å². The van der Waals surface area contributed by atoms with E-state index in [1.165, 1.54) is 11.3 Å². The van der Waals surface area contributed by atoms with Gasteiger partial charge in [0, 0.05) is 25.2 Å². The molecule has 0 bridgehead atoms. The summed E-state index contributed by atoms with van der Waals surface area (Å²) in [6.07, 6.45) is 0. The summed E-state index contributed by atoms with van der Waals surface area (Å²) in [5, 5.41) is 1.25. The van der Waals surface area contributed by atoms with Crippen molar-refractivity contribution in [2.45, 2.75) is 12.8 Å². The summed E-state index contributed by atoms with van der Waals surface area (Å²) < 4.78 is 6.86. The van der Waals surface area contributed by atoms with Crippen molar-refractivity contribution in [3.8, 4) is 10.9 Å². The molecular weight excluding hydrogens is 394 g/mol. The third-order valence-corrected chi connectivity index (χ3v) is 5.68. The van der Waals surface area contributed by atoms with Gasteiger partial charge in [-0.05, 0) is 56.9 Å². The first-order valence-electron chi connectivity index (χ1n) is 9.07. The van der Waals surface area contributed by atoms with Gasteiger partial charge in [-0.2, -0.15) is 0 Å². The molecule has 0 spiro atoms. The molecule has 0 aliphatic rings. The van der Waals surface area contributed by atoms with Gasteiger partial charge in [-0.3, -0.25) is 4.79 Å². The van der Waals surface area contributed by atoms with E-state index in [1.54, 1.807) is 4.90 Å². The highest BCUT2D eigenvalue weighted by Gasteiger charge is 2.19. The molecular formula is C21H24ClN3O2S. The molecule has 1 amide bonds. The highest BCUT2D eigenvalue weighted by atomic mass is 35.5. The smallest absolute Gasteiger partial charge is 0.279 e. The number of carbonyl (C=O) groups is 1. The highest BCUT2D eigenvalue weighted by Crippen LogP contribution is 2.33. The first-order valence-corrected chi connectivity index (χ1v) is 10.3. The highest BCUT2D eigenvalue weighted by molar-refractivity contribution is 7.20. The maximum Gasteiger partial charge on any atom is 0.279 e. The molecule has 7 heteroatoms. The van der Waals surface area contributed by atoms with Crippen LogP contribution in [0.1, 0.15) is 18.4 Å². The number of rotatable bonds is 7. The fourth-order valence-corrected chi connectivity index (χ4v) is 3.89. The first-order chi connectivity index (χ1) is 13.3. The SMILES string of the molecule is CC(C(=O)N(C)CCN(C)C)c1ccc(Oc2nc3ccc(Cl)cc3s2)cc1. The average Bonchev–Trinajstić information content (AvgIpc) is 3.06. The lowest BCUT2D eigenvalue weighted by molar-refractivity contribution is -0.131. The van der Waals surface area contributed by atoms with E-state index in [4.69, 9.17) is 16.3 Å². The summed E-state index contributed by atoms with van der Waals surface area (Å²) in [5.74, 6) is 0.596. The summed E-state index contributed by atoms with van der Waals surface area (Å²) >= 11 is 7.47. The number of ether oxygens (including phenoxy) is 1. The van der Waals surface area contributed by atoms with E-state index in [1.807, 2.05) is 70.5 Å². The van der Waals surface area contributed by atoms with Gasteiger partial charge >= 0.3 is 0 Å². The quantitative estimate of drug-likeness (QED) is 0.550. The Labute approximate surface area is 174 Å². The maximum absolute atomic E-state index is 12.6. The first kappa shape index (κ1) is 20.6. The lowest BCUT2D eigenvalue weighted by atomic mass is 10.00. The summed E-state index contributed by atoms with van der Waals surface area (Å²) in [6, 6.07) is 13.2. The second kappa shape index (κ2) is 8.90. The molecule has 0 aliphatic carbocycles. The molecule has 3 aromatic rings. The van der Waals surface area contributed by atoms with Crippen molar-refractivity contribution >= 4 is 39.1 Å².